The second kappa shape index (κ2) is 14.6. The van der Waals surface area contributed by atoms with E-state index in [1.165, 1.54) is 0 Å². The smallest absolute Gasteiger partial charge is 0.330 e. The van der Waals surface area contributed by atoms with Crippen LogP contribution in [0.25, 0.3) is 0 Å². The number of aryl methyl sites for hydroxylation is 1. The second-order valence-electron chi connectivity index (χ2n) is 9.36. The van der Waals surface area contributed by atoms with Gasteiger partial charge in [-0.15, -0.1) is 0 Å². The third kappa shape index (κ3) is 7.68. The van der Waals surface area contributed by atoms with Gasteiger partial charge in [0.15, 0.2) is 0 Å². The normalized spacial score (nSPS) is 14.6. The van der Waals surface area contributed by atoms with Crippen LogP contribution in [0.4, 0.5) is 0 Å². The molecule has 1 heterocycles. The van der Waals surface area contributed by atoms with Gasteiger partial charge in [-0.2, -0.15) is 0 Å². The number of fused-ring (bicyclic) bond motifs is 2. The first kappa shape index (κ1) is 28.4. The first-order valence-electron chi connectivity index (χ1n) is 13.6. The van der Waals surface area contributed by atoms with E-state index in [1.807, 2.05) is 43.3 Å². The summed E-state index contributed by atoms with van der Waals surface area (Å²) < 4.78 is 31.0. The fourth-order valence-corrected chi connectivity index (χ4v) is 6.12. The van der Waals surface area contributed by atoms with Gasteiger partial charge in [-0.25, -0.2) is 0 Å². The molecule has 0 spiro atoms. The quantitative estimate of drug-likeness (QED) is 0.184. The van der Waals surface area contributed by atoms with E-state index in [1.54, 1.807) is 0 Å². The topological polar surface area (TPSA) is 73.9 Å². The van der Waals surface area contributed by atoms with E-state index in [-0.39, 0.29) is 5.91 Å². The number of para-hydroxylation sites is 2. The van der Waals surface area contributed by atoms with Gasteiger partial charge in [0.25, 0.3) is 0 Å². The molecule has 1 aliphatic rings. The highest BCUT2D eigenvalue weighted by molar-refractivity contribution is 7.53. The highest BCUT2D eigenvalue weighted by atomic mass is 31.2. The number of carbonyl (C=O) groups is 1. The molecule has 2 aromatic rings. The van der Waals surface area contributed by atoms with Gasteiger partial charge in [-0.3, -0.25) is 9.36 Å². The number of ether oxygens (including phenoxy) is 1. The summed E-state index contributed by atoms with van der Waals surface area (Å²) in [5.41, 5.74) is 2.85. The number of benzene rings is 2. The number of amides is 1. The van der Waals surface area contributed by atoms with Crippen molar-refractivity contribution in [3.05, 3.63) is 59.2 Å². The molecule has 7 heteroatoms. The Labute approximate surface area is 216 Å². The highest BCUT2D eigenvalue weighted by Gasteiger charge is 2.33. The molecular weight excluding hydrogens is 473 g/mol. The second-order valence-corrected chi connectivity index (χ2v) is 11.6. The van der Waals surface area contributed by atoms with Crippen LogP contribution >= 0.6 is 7.60 Å². The van der Waals surface area contributed by atoms with Crippen molar-refractivity contribution in [3.63, 3.8) is 0 Å². The average Bonchev–Trinajstić information content (AvgIpc) is 2.89. The first-order valence-corrected chi connectivity index (χ1v) is 15.3. The Morgan fingerprint density at radius 3 is 2.28 bits per heavy atom. The van der Waals surface area contributed by atoms with Crippen LogP contribution < -0.4 is 10.1 Å². The minimum atomic E-state index is -3.08. The van der Waals surface area contributed by atoms with Crippen LogP contribution in [0.2, 0.25) is 0 Å². The van der Waals surface area contributed by atoms with Crippen LogP contribution in [-0.4, -0.2) is 31.8 Å². The zero-order valence-corrected chi connectivity index (χ0v) is 23.0. The van der Waals surface area contributed by atoms with Crippen molar-refractivity contribution in [2.75, 3.05) is 25.9 Å². The van der Waals surface area contributed by atoms with Gasteiger partial charge in [-0.05, 0) is 50.2 Å². The van der Waals surface area contributed by atoms with Crippen molar-refractivity contribution in [2.24, 2.45) is 0 Å². The Balaban J connectivity index is 1.70. The summed E-state index contributed by atoms with van der Waals surface area (Å²) in [7, 11) is -3.08. The molecule has 6 nitrogen and oxygen atoms in total. The highest BCUT2D eigenvalue weighted by Crippen LogP contribution is 2.50. The van der Waals surface area contributed by atoms with Crippen molar-refractivity contribution in [1.82, 2.24) is 5.32 Å². The van der Waals surface area contributed by atoms with E-state index in [0.29, 0.717) is 25.9 Å². The fourth-order valence-electron chi connectivity index (χ4n) is 4.36. The van der Waals surface area contributed by atoms with Crippen LogP contribution in [0.5, 0.6) is 11.5 Å². The van der Waals surface area contributed by atoms with E-state index in [9.17, 15) is 9.36 Å². The van der Waals surface area contributed by atoms with Gasteiger partial charge in [0.2, 0.25) is 5.91 Å². The number of hydrogen-bond donors (Lipinski definition) is 1. The summed E-state index contributed by atoms with van der Waals surface area (Å²) in [5.74, 6) is 1.11. The molecule has 0 saturated heterocycles. The molecule has 0 bridgehead atoms. The molecule has 0 aromatic heterocycles. The molecule has 1 N–H and O–H groups in total. The molecule has 2 aromatic carbocycles. The van der Waals surface area contributed by atoms with E-state index in [4.69, 9.17) is 13.8 Å². The summed E-state index contributed by atoms with van der Waals surface area (Å²) in [6.07, 6.45) is 7.37. The van der Waals surface area contributed by atoms with Gasteiger partial charge in [0.1, 0.15) is 11.5 Å². The van der Waals surface area contributed by atoms with Crippen molar-refractivity contribution in [2.45, 2.75) is 78.1 Å². The molecule has 0 aliphatic carbocycles. The average molecular weight is 516 g/mol. The lowest BCUT2D eigenvalue weighted by Gasteiger charge is -2.29. The van der Waals surface area contributed by atoms with Crippen LogP contribution in [-0.2, 0) is 24.8 Å². The summed E-state index contributed by atoms with van der Waals surface area (Å²) in [4.78, 5) is 13.2. The van der Waals surface area contributed by atoms with E-state index in [0.717, 1.165) is 79.6 Å². The van der Waals surface area contributed by atoms with Crippen molar-refractivity contribution in [3.8, 4) is 11.5 Å². The largest absolute Gasteiger partial charge is 0.456 e. The number of nitrogens with one attached hydrogen (secondary N) is 1. The molecule has 1 amide bonds. The van der Waals surface area contributed by atoms with Gasteiger partial charge < -0.3 is 19.1 Å². The lowest BCUT2D eigenvalue weighted by molar-refractivity contribution is -0.121. The molecule has 1 aliphatic heterocycles. The molecular formula is C29H42NO5P. The summed E-state index contributed by atoms with van der Waals surface area (Å²) in [5, 5.41) is 3.06. The van der Waals surface area contributed by atoms with E-state index < -0.39 is 13.5 Å². The fraction of sp³-hybridized carbons (Fsp3) is 0.552. The van der Waals surface area contributed by atoms with E-state index >= 15 is 0 Å². The number of rotatable bonds is 16. The minimum absolute atomic E-state index is 0.000365. The minimum Gasteiger partial charge on any atom is -0.456 e. The van der Waals surface area contributed by atoms with Crippen LogP contribution in [0.1, 0.15) is 88.3 Å². The van der Waals surface area contributed by atoms with Crippen molar-refractivity contribution >= 4 is 13.5 Å². The Morgan fingerprint density at radius 1 is 0.889 bits per heavy atom. The van der Waals surface area contributed by atoms with Crippen LogP contribution in [0.3, 0.4) is 0 Å². The first-order chi connectivity index (χ1) is 17.5. The SMILES string of the molecule is CCCCOP(=O)(CCCCc1cccc2c1Oc1ccccc1C2C(=O)NCCC)OCCCC. The van der Waals surface area contributed by atoms with Crippen LogP contribution in [0, 0.1) is 0 Å². The maximum atomic E-state index is 13.2. The van der Waals surface area contributed by atoms with Gasteiger partial charge in [-0.1, -0.05) is 70.0 Å². The van der Waals surface area contributed by atoms with Crippen molar-refractivity contribution < 1.29 is 23.1 Å². The Hall–Kier alpha value is -2.14. The maximum absolute atomic E-state index is 13.2. The monoisotopic (exact) mass is 515 g/mol. The molecule has 36 heavy (non-hydrogen) atoms. The molecule has 3 rings (SSSR count). The maximum Gasteiger partial charge on any atom is 0.330 e. The van der Waals surface area contributed by atoms with Crippen LogP contribution in [0.15, 0.2) is 42.5 Å². The standard InChI is InChI=1S/C29H42NO5P/c1-4-7-20-33-36(32,34-21-8-5-2)22-12-11-14-23-15-13-17-25-27(29(31)30-19-6-3)24-16-9-10-18-26(24)35-28(23)25/h9-10,13,15-18,27H,4-8,11-12,14,19-22H2,1-3H3,(H,30,31). The zero-order chi connectivity index (χ0) is 25.8. The molecule has 0 radical (unpaired) electrons. The van der Waals surface area contributed by atoms with Crippen molar-refractivity contribution in [1.29, 1.82) is 0 Å². The van der Waals surface area contributed by atoms with Gasteiger partial charge >= 0.3 is 7.60 Å². The number of carbonyl (C=O) groups excluding carboxylic acids is 1. The third-order valence-electron chi connectivity index (χ3n) is 6.39. The molecule has 1 unspecified atom stereocenters. The lowest BCUT2D eigenvalue weighted by Crippen LogP contribution is -2.32. The van der Waals surface area contributed by atoms with E-state index in [2.05, 4.69) is 25.2 Å². The predicted molar refractivity (Wildman–Crippen MR) is 145 cm³/mol. The zero-order valence-electron chi connectivity index (χ0n) is 22.1. The van der Waals surface area contributed by atoms with Gasteiger partial charge in [0.05, 0.1) is 25.3 Å². The number of hydrogen-bond acceptors (Lipinski definition) is 5. The molecule has 1 atom stereocenters. The Bertz CT molecular complexity index is 1010. The summed E-state index contributed by atoms with van der Waals surface area (Å²) in [6.45, 7) is 7.82. The molecule has 0 fully saturated rings. The number of unbranched alkanes of at least 4 members (excludes halogenated alkanes) is 3. The predicted octanol–water partition coefficient (Wildman–Crippen LogP) is 7.60. The van der Waals surface area contributed by atoms with Gasteiger partial charge in [0, 0.05) is 17.7 Å². The summed E-state index contributed by atoms with van der Waals surface area (Å²) in [6, 6.07) is 13.8. The molecule has 0 saturated carbocycles. The lowest BCUT2D eigenvalue weighted by atomic mass is 9.85. The third-order valence-corrected chi connectivity index (χ3v) is 8.41. The Morgan fingerprint density at radius 2 is 1.58 bits per heavy atom. The molecule has 198 valence electrons. The summed E-state index contributed by atoms with van der Waals surface area (Å²) >= 11 is 0. The Kier molecular flexibility index (Phi) is 11.5.